The second-order valence-electron chi connectivity index (χ2n) is 3.83. The molecule has 1 aromatic carbocycles. The van der Waals surface area contributed by atoms with E-state index in [1.165, 1.54) is 18.2 Å². The van der Waals surface area contributed by atoms with E-state index in [1.54, 1.807) is 6.92 Å². The van der Waals surface area contributed by atoms with Crippen LogP contribution in [0.2, 0.25) is 0 Å². The van der Waals surface area contributed by atoms with Crippen molar-refractivity contribution in [3.8, 4) is 12.3 Å². The topological polar surface area (TPSA) is 63.6 Å². The third-order valence-electron chi connectivity index (χ3n) is 2.52. The molecule has 18 heavy (non-hydrogen) atoms. The molecule has 0 saturated heterocycles. The second kappa shape index (κ2) is 5.87. The van der Waals surface area contributed by atoms with Crippen LogP contribution < -0.4 is 0 Å². The van der Waals surface area contributed by atoms with Gasteiger partial charge in [-0.25, -0.2) is 9.59 Å². The van der Waals surface area contributed by atoms with Crippen LogP contribution in [-0.2, 0) is 4.74 Å². The molecule has 0 amide bonds. The first-order valence-electron chi connectivity index (χ1n) is 5.54. The fraction of sp³-hybridized carbons (Fsp3) is 0.286. The molecule has 0 bridgehead atoms. The number of ether oxygens (including phenoxy) is 1. The van der Waals surface area contributed by atoms with Crippen molar-refractivity contribution >= 4 is 11.9 Å². The lowest BCUT2D eigenvalue weighted by atomic mass is 10.0. The van der Waals surface area contributed by atoms with E-state index in [2.05, 4.69) is 5.92 Å². The fourth-order valence-electron chi connectivity index (χ4n) is 1.32. The monoisotopic (exact) mass is 246 g/mol. The van der Waals surface area contributed by atoms with Gasteiger partial charge in [0, 0.05) is 5.56 Å². The molecular weight excluding hydrogens is 232 g/mol. The number of esters is 1. The molecule has 0 aliphatic heterocycles. The van der Waals surface area contributed by atoms with Crippen LogP contribution in [0.1, 0.15) is 46.5 Å². The minimum absolute atomic E-state index is 0.0156. The fourth-order valence-corrected chi connectivity index (χ4v) is 1.32. The molecule has 0 saturated carbocycles. The van der Waals surface area contributed by atoms with Crippen LogP contribution in [0, 0.1) is 12.3 Å². The van der Waals surface area contributed by atoms with E-state index >= 15 is 0 Å². The molecule has 0 spiro atoms. The quantitative estimate of drug-likeness (QED) is 0.654. The number of carboxylic acids is 1. The van der Waals surface area contributed by atoms with Crippen LogP contribution in [0.5, 0.6) is 0 Å². The molecule has 94 valence electrons. The Balaban J connectivity index is 3.12. The summed E-state index contributed by atoms with van der Waals surface area (Å²) < 4.78 is 5.10. The highest BCUT2D eigenvalue weighted by molar-refractivity contribution is 6.02. The van der Waals surface area contributed by atoms with E-state index in [1.807, 2.05) is 6.92 Å². The van der Waals surface area contributed by atoms with Crippen molar-refractivity contribution in [1.29, 1.82) is 0 Å². The maximum Gasteiger partial charge on any atom is 0.339 e. The molecule has 4 nitrogen and oxygen atoms in total. The number of rotatable bonds is 4. The van der Waals surface area contributed by atoms with Crippen molar-refractivity contribution in [2.45, 2.75) is 26.4 Å². The Kier molecular flexibility index (Phi) is 4.50. The van der Waals surface area contributed by atoms with Gasteiger partial charge in [0.1, 0.15) is 0 Å². The van der Waals surface area contributed by atoms with Gasteiger partial charge in [-0.3, -0.25) is 0 Å². The highest BCUT2D eigenvalue weighted by Gasteiger charge is 2.19. The van der Waals surface area contributed by atoms with E-state index in [-0.39, 0.29) is 17.2 Å². The minimum atomic E-state index is -1.21. The maximum absolute atomic E-state index is 11.8. The molecule has 0 heterocycles. The molecule has 0 fully saturated rings. The van der Waals surface area contributed by atoms with Gasteiger partial charge in [0.05, 0.1) is 17.2 Å². The Morgan fingerprint density at radius 2 is 2.11 bits per heavy atom. The van der Waals surface area contributed by atoms with Gasteiger partial charge in [-0.2, -0.15) is 0 Å². The van der Waals surface area contributed by atoms with Crippen LogP contribution in [-0.4, -0.2) is 23.1 Å². The predicted octanol–water partition coefficient (Wildman–Crippen LogP) is 2.32. The summed E-state index contributed by atoms with van der Waals surface area (Å²) in [6.07, 6.45) is 5.59. The zero-order valence-corrected chi connectivity index (χ0v) is 10.3. The SMILES string of the molecule is C#Cc1ccc(C(=O)OC(C)CC)c(C(=O)O)c1. The van der Waals surface area contributed by atoms with Gasteiger partial charge in [-0.15, -0.1) is 6.42 Å². The van der Waals surface area contributed by atoms with Crippen LogP contribution >= 0.6 is 0 Å². The zero-order valence-electron chi connectivity index (χ0n) is 10.3. The number of hydrogen-bond donors (Lipinski definition) is 1. The number of carbonyl (C=O) groups is 2. The summed E-state index contributed by atoms with van der Waals surface area (Å²) in [6, 6.07) is 4.18. The molecule has 0 aliphatic carbocycles. The number of carbonyl (C=O) groups excluding carboxylic acids is 1. The maximum atomic E-state index is 11.8. The summed E-state index contributed by atoms with van der Waals surface area (Å²) in [7, 11) is 0. The third-order valence-corrected chi connectivity index (χ3v) is 2.52. The molecule has 4 heteroatoms. The van der Waals surface area contributed by atoms with E-state index in [4.69, 9.17) is 16.3 Å². The van der Waals surface area contributed by atoms with Gasteiger partial charge in [-0.1, -0.05) is 12.8 Å². The Bertz CT molecular complexity index is 511. The van der Waals surface area contributed by atoms with Gasteiger partial charge in [-0.05, 0) is 31.5 Å². The van der Waals surface area contributed by atoms with Crippen molar-refractivity contribution in [3.63, 3.8) is 0 Å². The van der Waals surface area contributed by atoms with Gasteiger partial charge in [0.2, 0.25) is 0 Å². The van der Waals surface area contributed by atoms with Crippen molar-refractivity contribution < 1.29 is 19.4 Å². The Labute approximate surface area is 106 Å². The van der Waals surface area contributed by atoms with Gasteiger partial charge >= 0.3 is 11.9 Å². The first kappa shape index (κ1) is 13.8. The van der Waals surface area contributed by atoms with Crippen molar-refractivity contribution in [1.82, 2.24) is 0 Å². The first-order valence-corrected chi connectivity index (χ1v) is 5.54. The lowest BCUT2D eigenvalue weighted by Gasteiger charge is -2.12. The zero-order chi connectivity index (χ0) is 13.7. The summed E-state index contributed by atoms with van der Waals surface area (Å²) in [5, 5.41) is 9.05. The van der Waals surface area contributed by atoms with Gasteiger partial charge < -0.3 is 9.84 Å². The average molecular weight is 246 g/mol. The van der Waals surface area contributed by atoms with E-state index < -0.39 is 11.9 Å². The number of aromatic carboxylic acids is 1. The van der Waals surface area contributed by atoms with Gasteiger partial charge in [0.15, 0.2) is 0 Å². The smallest absolute Gasteiger partial charge is 0.339 e. The van der Waals surface area contributed by atoms with Crippen LogP contribution in [0.15, 0.2) is 18.2 Å². The van der Waals surface area contributed by atoms with E-state index in [0.717, 1.165) is 0 Å². The highest BCUT2D eigenvalue weighted by atomic mass is 16.5. The highest BCUT2D eigenvalue weighted by Crippen LogP contribution is 2.14. The Morgan fingerprint density at radius 1 is 1.44 bits per heavy atom. The third kappa shape index (κ3) is 3.11. The van der Waals surface area contributed by atoms with Crippen molar-refractivity contribution in [3.05, 3.63) is 34.9 Å². The average Bonchev–Trinajstić information content (AvgIpc) is 2.37. The molecule has 1 rings (SSSR count). The Morgan fingerprint density at radius 3 is 2.61 bits per heavy atom. The largest absolute Gasteiger partial charge is 0.478 e. The van der Waals surface area contributed by atoms with E-state index in [0.29, 0.717) is 12.0 Å². The second-order valence-corrected chi connectivity index (χ2v) is 3.83. The summed E-state index contributed by atoms with van der Waals surface area (Å²) >= 11 is 0. The lowest BCUT2D eigenvalue weighted by Crippen LogP contribution is -2.17. The minimum Gasteiger partial charge on any atom is -0.478 e. The standard InChI is InChI=1S/C14H14O4/c1-4-9(3)18-14(17)11-7-6-10(5-2)8-12(11)13(15)16/h2,6-9H,4H2,1,3H3,(H,15,16). The molecule has 1 aromatic rings. The van der Waals surface area contributed by atoms with Crippen molar-refractivity contribution in [2.75, 3.05) is 0 Å². The normalized spacial score (nSPS) is 11.4. The summed E-state index contributed by atoms with van der Waals surface area (Å²) in [5.74, 6) is 0.472. The number of carboxylic acid groups (broad SMARTS) is 1. The Hall–Kier alpha value is -2.28. The summed E-state index contributed by atoms with van der Waals surface area (Å²) in [6.45, 7) is 3.62. The number of hydrogen-bond acceptors (Lipinski definition) is 3. The predicted molar refractivity (Wildman–Crippen MR) is 66.5 cm³/mol. The summed E-state index contributed by atoms with van der Waals surface area (Å²) in [4.78, 5) is 22.9. The molecular formula is C14H14O4. The first-order chi connectivity index (χ1) is 8.49. The molecule has 0 radical (unpaired) electrons. The molecule has 1 atom stereocenters. The van der Waals surface area contributed by atoms with Crippen LogP contribution in [0.25, 0.3) is 0 Å². The number of benzene rings is 1. The lowest BCUT2D eigenvalue weighted by molar-refractivity contribution is 0.0328. The molecule has 0 aromatic heterocycles. The number of terminal acetylenes is 1. The molecule has 0 aliphatic rings. The van der Waals surface area contributed by atoms with Gasteiger partial charge in [0.25, 0.3) is 0 Å². The van der Waals surface area contributed by atoms with E-state index in [9.17, 15) is 9.59 Å². The molecule has 1 unspecified atom stereocenters. The summed E-state index contributed by atoms with van der Waals surface area (Å²) in [5.41, 5.74) is 0.285. The van der Waals surface area contributed by atoms with Crippen molar-refractivity contribution in [2.24, 2.45) is 0 Å². The van der Waals surface area contributed by atoms with Crippen LogP contribution in [0.3, 0.4) is 0 Å². The van der Waals surface area contributed by atoms with Crippen LogP contribution in [0.4, 0.5) is 0 Å². The molecule has 1 N–H and O–H groups in total.